The third-order valence-electron chi connectivity index (χ3n) is 4.88. The van der Waals surface area contributed by atoms with E-state index >= 15 is 0 Å². The average molecular weight is 290 g/mol. The third kappa shape index (κ3) is 3.60. The number of aryl methyl sites for hydroxylation is 2. The fourth-order valence-electron chi connectivity index (χ4n) is 3.99. The molecule has 2 unspecified atom stereocenters. The van der Waals surface area contributed by atoms with Crippen molar-refractivity contribution in [1.29, 1.82) is 0 Å². The van der Waals surface area contributed by atoms with Gasteiger partial charge in [-0.25, -0.2) is 0 Å². The number of benzene rings is 1. The largest absolute Gasteiger partial charge is 0.496 e. The molecule has 1 aromatic carbocycles. The second-order valence-electron chi connectivity index (χ2n) is 7.26. The van der Waals surface area contributed by atoms with Crippen molar-refractivity contribution in [3.05, 3.63) is 28.8 Å². The van der Waals surface area contributed by atoms with Crippen LogP contribution in [0.15, 0.2) is 12.1 Å². The summed E-state index contributed by atoms with van der Waals surface area (Å²) < 4.78 is 5.39. The van der Waals surface area contributed by atoms with Gasteiger partial charge in [-0.15, -0.1) is 0 Å². The maximum atomic E-state index is 11.3. The summed E-state index contributed by atoms with van der Waals surface area (Å²) >= 11 is 0. The lowest BCUT2D eigenvalue weighted by atomic mass is 9.71. The first-order valence-electron chi connectivity index (χ1n) is 8.24. The average Bonchev–Trinajstić information content (AvgIpc) is 2.40. The molecule has 0 radical (unpaired) electrons. The molecule has 0 aliphatic heterocycles. The van der Waals surface area contributed by atoms with E-state index < -0.39 is 5.60 Å². The molecule has 2 heteroatoms. The first-order valence-corrected chi connectivity index (χ1v) is 8.24. The molecule has 0 heterocycles. The summed E-state index contributed by atoms with van der Waals surface area (Å²) in [6, 6.07) is 4.20. The number of ether oxygens (including phenoxy) is 1. The highest BCUT2D eigenvalue weighted by Crippen LogP contribution is 2.44. The van der Waals surface area contributed by atoms with E-state index in [-0.39, 0.29) is 0 Å². The van der Waals surface area contributed by atoms with Crippen LogP contribution in [0.3, 0.4) is 0 Å². The molecule has 21 heavy (non-hydrogen) atoms. The Morgan fingerprint density at radius 1 is 1.29 bits per heavy atom. The van der Waals surface area contributed by atoms with Crippen molar-refractivity contribution in [2.45, 2.75) is 65.4 Å². The third-order valence-corrected chi connectivity index (χ3v) is 4.88. The molecule has 1 N–H and O–H groups in total. The van der Waals surface area contributed by atoms with Crippen LogP contribution >= 0.6 is 0 Å². The highest BCUT2D eigenvalue weighted by atomic mass is 16.5. The second kappa shape index (κ2) is 6.39. The molecule has 0 spiro atoms. The molecular weight excluding hydrogens is 260 g/mol. The maximum absolute atomic E-state index is 11.3. The lowest BCUT2D eigenvalue weighted by Crippen LogP contribution is -2.34. The minimum atomic E-state index is -0.654. The zero-order valence-electron chi connectivity index (χ0n) is 14.2. The molecule has 1 saturated carbocycles. The molecule has 2 nitrogen and oxygen atoms in total. The van der Waals surface area contributed by atoms with Crippen LogP contribution in [0.2, 0.25) is 0 Å². The van der Waals surface area contributed by atoms with Gasteiger partial charge in [-0.1, -0.05) is 20.3 Å². The maximum Gasteiger partial charge on any atom is 0.122 e. The molecule has 0 aromatic heterocycles. The summed E-state index contributed by atoms with van der Waals surface area (Å²) in [7, 11) is 1.70. The van der Waals surface area contributed by atoms with Crippen molar-refractivity contribution >= 4 is 0 Å². The summed E-state index contributed by atoms with van der Waals surface area (Å²) in [6.45, 7) is 8.69. The van der Waals surface area contributed by atoms with Gasteiger partial charge in [-0.3, -0.25) is 0 Å². The van der Waals surface area contributed by atoms with E-state index in [1.54, 1.807) is 7.11 Å². The first kappa shape index (κ1) is 16.4. The van der Waals surface area contributed by atoms with Crippen LogP contribution in [0.25, 0.3) is 0 Å². The van der Waals surface area contributed by atoms with E-state index in [0.29, 0.717) is 11.8 Å². The fourth-order valence-corrected chi connectivity index (χ4v) is 3.99. The molecular formula is C19H30O2. The molecule has 1 aliphatic rings. The van der Waals surface area contributed by atoms with Gasteiger partial charge in [0.1, 0.15) is 5.75 Å². The zero-order chi connectivity index (χ0) is 15.6. The van der Waals surface area contributed by atoms with Gasteiger partial charge in [0.05, 0.1) is 12.7 Å². The summed E-state index contributed by atoms with van der Waals surface area (Å²) in [5, 5.41) is 11.3. The van der Waals surface area contributed by atoms with Crippen LogP contribution in [0, 0.1) is 25.7 Å². The summed E-state index contributed by atoms with van der Waals surface area (Å²) in [5.41, 5.74) is 2.70. The smallest absolute Gasteiger partial charge is 0.122 e. The molecule has 1 aromatic rings. The number of aliphatic hydroxyl groups is 1. The predicted molar refractivity (Wildman–Crippen MR) is 87.8 cm³/mol. The molecule has 0 amide bonds. The Morgan fingerprint density at radius 2 is 2.00 bits per heavy atom. The van der Waals surface area contributed by atoms with Crippen LogP contribution in [0.1, 0.15) is 62.6 Å². The summed E-state index contributed by atoms with van der Waals surface area (Å²) in [4.78, 5) is 0. The molecule has 2 rings (SSSR count). The highest BCUT2D eigenvalue weighted by Gasteiger charge is 2.37. The van der Waals surface area contributed by atoms with Crippen molar-refractivity contribution < 1.29 is 9.84 Å². The topological polar surface area (TPSA) is 29.5 Å². The number of rotatable bonds is 4. The van der Waals surface area contributed by atoms with Crippen LogP contribution in [0.4, 0.5) is 0 Å². The molecule has 118 valence electrons. The molecule has 0 saturated heterocycles. The molecule has 1 aliphatic carbocycles. The van der Waals surface area contributed by atoms with Gasteiger partial charge < -0.3 is 9.84 Å². The SMILES string of the molecule is COc1cc(C)c(C2(O)CCCC(CC(C)C)C2)cc1C. The van der Waals surface area contributed by atoms with Gasteiger partial charge in [0.2, 0.25) is 0 Å². The first-order chi connectivity index (χ1) is 9.85. The quantitative estimate of drug-likeness (QED) is 0.868. The summed E-state index contributed by atoms with van der Waals surface area (Å²) in [5.74, 6) is 2.26. The van der Waals surface area contributed by atoms with Crippen LogP contribution in [0.5, 0.6) is 5.75 Å². The second-order valence-corrected chi connectivity index (χ2v) is 7.26. The lowest BCUT2D eigenvalue weighted by molar-refractivity contribution is -0.0250. The van der Waals surface area contributed by atoms with Crippen molar-refractivity contribution in [3.63, 3.8) is 0 Å². The minimum Gasteiger partial charge on any atom is -0.496 e. The Bertz CT molecular complexity index is 493. The number of hydrogen-bond acceptors (Lipinski definition) is 2. The Balaban J connectivity index is 2.28. The van der Waals surface area contributed by atoms with E-state index in [4.69, 9.17) is 4.74 Å². The Labute approximate surface area is 129 Å². The molecule has 2 atom stereocenters. The molecule has 0 bridgehead atoms. The standard InChI is InChI=1S/C19H30O2/c1-13(2)9-16-7-6-8-19(20,12-16)17-10-15(4)18(21-5)11-14(17)3/h10-11,13,16,20H,6-9,12H2,1-5H3. The molecule has 1 fully saturated rings. The van der Waals surface area contributed by atoms with Crippen molar-refractivity contribution in [2.24, 2.45) is 11.8 Å². The van der Waals surface area contributed by atoms with Gasteiger partial charge in [0.25, 0.3) is 0 Å². The lowest BCUT2D eigenvalue weighted by Gasteiger charge is -2.39. The van der Waals surface area contributed by atoms with Crippen molar-refractivity contribution in [1.82, 2.24) is 0 Å². The Kier molecular flexibility index (Phi) is 4.98. The van der Waals surface area contributed by atoms with Crippen LogP contribution in [-0.4, -0.2) is 12.2 Å². The predicted octanol–water partition coefficient (Wildman–Crippen LogP) is 4.74. The van der Waals surface area contributed by atoms with Gasteiger partial charge in [0, 0.05) is 0 Å². The van der Waals surface area contributed by atoms with Gasteiger partial charge in [0.15, 0.2) is 0 Å². The van der Waals surface area contributed by atoms with E-state index in [9.17, 15) is 5.11 Å². The van der Waals surface area contributed by atoms with Gasteiger partial charge in [-0.2, -0.15) is 0 Å². The van der Waals surface area contributed by atoms with E-state index in [1.165, 1.54) is 12.8 Å². The highest BCUT2D eigenvalue weighted by molar-refractivity contribution is 5.44. The van der Waals surface area contributed by atoms with Crippen LogP contribution < -0.4 is 4.74 Å². The number of hydrogen-bond donors (Lipinski definition) is 1. The summed E-state index contributed by atoms with van der Waals surface area (Å²) in [6.07, 6.45) is 5.38. The van der Waals surface area contributed by atoms with E-state index in [0.717, 1.165) is 41.7 Å². The van der Waals surface area contributed by atoms with E-state index in [2.05, 4.69) is 39.8 Å². The minimum absolute atomic E-state index is 0.644. The van der Waals surface area contributed by atoms with Crippen molar-refractivity contribution in [2.75, 3.05) is 7.11 Å². The normalized spacial score (nSPS) is 26.1. The van der Waals surface area contributed by atoms with Gasteiger partial charge in [-0.05, 0) is 80.2 Å². The fraction of sp³-hybridized carbons (Fsp3) is 0.684. The van der Waals surface area contributed by atoms with E-state index in [1.807, 2.05) is 0 Å². The van der Waals surface area contributed by atoms with Gasteiger partial charge >= 0.3 is 0 Å². The number of methoxy groups -OCH3 is 1. The Hall–Kier alpha value is -1.02. The Morgan fingerprint density at radius 3 is 2.62 bits per heavy atom. The zero-order valence-corrected chi connectivity index (χ0v) is 14.2. The monoisotopic (exact) mass is 290 g/mol. The van der Waals surface area contributed by atoms with Crippen LogP contribution in [-0.2, 0) is 5.60 Å². The van der Waals surface area contributed by atoms with Crippen molar-refractivity contribution in [3.8, 4) is 5.75 Å².